The highest BCUT2D eigenvalue weighted by atomic mass is 16.5. The van der Waals surface area contributed by atoms with Gasteiger partial charge >= 0.3 is 17.9 Å². The molecule has 3 atom stereocenters. The number of likely N-dealkylation sites (N-methyl/N-ethyl adjacent to an activating group) is 1. The van der Waals surface area contributed by atoms with Crippen LogP contribution in [0.15, 0.2) is 48.6 Å². The third kappa shape index (κ3) is 66.9. The van der Waals surface area contributed by atoms with Gasteiger partial charge in [0.15, 0.2) is 0 Å². The molecule has 0 aliphatic carbocycles. The fourth-order valence-electron chi connectivity index (χ4n) is 14.0. The van der Waals surface area contributed by atoms with Gasteiger partial charge in [0, 0.05) is 6.54 Å². The van der Waals surface area contributed by atoms with Crippen molar-refractivity contribution in [3.63, 3.8) is 0 Å². The molecule has 0 aromatic carbocycles. The molecule has 0 heterocycles. The van der Waals surface area contributed by atoms with Gasteiger partial charge in [-0.1, -0.05) is 328 Å². The van der Waals surface area contributed by atoms with Crippen LogP contribution in [0.2, 0.25) is 0 Å². The Morgan fingerprint density at radius 3 is 0.939 bits per heavy atom. The SMILES string of the molecule is CCCCC/C=C/C/C=C/CCCCCCCCC(CCCCCCCC/C=C/C/C=C/CCCCC)OC(=O)C(CCCCN(CCCCCCOC(=O)C(CCCCCC)CCCCCCCC)CCCCCCOC(=O)C(CCCCCC)CCCCCCCC)N(C)CCO. The largest absolute Gasteiger partial charge is 0.465 e. The molecule has 99 heavy (non-hydrogen) atoms. The minimum Gasteiger partial charge on any atom is -0.465 e. The van der Waals surface area contributed by atoms with Crippen LogP contribution < -0.4 is 0 Å². The second-order valence-corrected chi connectivity index (χ2v) is 30.2. The van der Waals surface area contributed by atoms with E-state index in [-0.39, 0.29) is 48.5 Å². The number of carbonyl (C=O) groups excluding carboxylic acids is 3. The number of ether oxygens (including phenoxy) is 3. The summed E-state index contributed by atoms with van der Waals surface area (Å²) in [6.07, 6.45) is 89.3. The maximum absolute atomic E-state index is 14.4. The summed E-state index contributed by atoms with van der Waals surface area (Å²) >= 11 is 0. The van der Waals surface area contributed by atoms with Crippen LogP contribution >= 0.6 is 0 Å². The maximum Gasteiger partial charge on any atom is 0.323 e. The van der Waals surface area contributed by atoms with Crippen LogP contribution in [0.25, 0.3) is 0 Å². The smallest absolute Gasteiger partial charge is 0.323 e. The van der Waals surface area contributed by atoms with Crippen LogP contribution in [0.1, 0.15) is 433 Å². The Kier molecular flexibility index (Phi) is 77.2. The van der Waals surface area contributed by atoms with Gasteiger partial charge in [-0.25, -0.2) is 0 Å². The van der Waals surface area contributed by atoms with Crippen molar-refractivity contribution >= 4 is 17.9 Å². The molecule has 0 bridgehead atoms. The van der Waals surface area contributed by atoms with Gasteiger partial charge in [-0.05, 0) is 181 Å². The molecular formula is C90H170N2O7. The molecule has 0 amide bonds. The maximum atomic E-state index is 14.4. The Labute approximate surface area is 617 Å². The van der Waals surface area contributed by atoms with Crippen molar-refractivity contribution in [2.75, 3.05) is 53.0 Å². The lowest BCUT2D eigenvalue weighted by Crippen LogP contribution is -2.42. The first-order chi connectivity index (χ1) is 48.7. The molecule has 0 aromatic heterocycles. The Bertz CT molecular complexity index is 1690. The van der Waals surface area contributed by atoms with Gasteiger partial charge in [-0.2, -0.15) is 0 Å². The highest BCUT2D eigenvalue weighted by Crippen LogP contribution is 2.25. The van der Waals surface area contributed by atoms with E-state index >= 15 is 0 Å². The monoisotopic (exact) mass is 1390 g/mol. The summed E-state index contributed by atoms with van der Waals surface area (Å²) in [6, 6.07) is -0.373. The predicted octanol–water partition coefficient (Wildman–Crippen LogP) is 27.0. The number of aliphatic hydroxyl groups excluding tert-OH is 1. The minimum absolute atomic E-state index is 0.0137. The Hall–Kier alpha value is -2.75. The van der Waals surface area contributed by atoms with E-state index in [9.17, 15) is 19.5 Å². The first-order valence-electron chi connectivity index (χ1n) is 43.9. The molecular weight excluding hydrogens is 1220 g/mol. The number of esters is 3. The number of hydrogen-bond donors (Lipinski definition) is 1. The molecule has 0 spiro atoms. The second-order valence-electron chi connectivity index (χ2n) is 30.2. The average molecular weight is 1390 g/mol. The van der Waals surface area contributed by atoms with E-state index in [2.05, 4.69) is 95.1 Å². The summed E-state index contributed by atoms with van der Waals surface area (Å²) in [5, 5.41) is 10.1. The highest BCUT2D eigenvalue weighted by molar-refractivity contribution is 5.76. The number of carbonyl (C=O) groups is 3. The van der Waals surface area contributed by atoms with Crippen LogP contribution in [-0.2, 0) is 28.6 Å². The van der Waals surface area contributed by atoms with Crippen molar-refractivity contribution in [1.29, 1.82) is 0 Å². The zero-order chi connectivity index (χ0) is 72.1. The van der Waals surface area contributed by atoms with Crippen LogP contribution in [0.4, 0.5) is 0 Å². The van der Waals surface area contributed by atoms with E-state index in [4.69, 9.17) is 14.2 Å². The normalized spacial score (nSPS) is 13.1. The number of hydrogen-bond acceptors (Lipinski definition) is 9. The number of allylic oxidation sites excluding steroid dienone is 8. The highest BCUT2D eigenvalue weighted by Gasteiger charge is 2.27. The van der Waals surface area contributed by atoms with E-state index in [0.29, 0.717) is 19.8 Å². The lowest BCUT2D eigenvalue weighted by molar-refractivity contribution is -0.156. The van der Waals surface area contributed by atoms with E-state index < -0.39 is 0 Å². The second kappa shape index (κ2) is 79.4. The van der Waals surface area contributed by atoms with Crippen molar-refractivity contribution in [3.05, 3.63) is 48.6 Å². The van der Waals surface area contributed by atoms with Crippen LogP contribution in [0.3, 0.4) is 0 Å². The molecule has 0 aliphatic heterocycles. The van der Waals surface area contributed by atoms with Crippen molar-refractivity contribution in [2.24, 2.45) is 11.8 Å². The van der Waals surface area contributed by atoms with Gasteiger partial charge < -0.3 is 24.2 Å². The Morgan fingerprint density at radius 2 is 0.576 bits per heavy atom. The van der Waals surface area contributed by atoms with E-state index in [1.165, 1.54) is 231 Å². The summed E-state index contributed by atoms with van der Waals surface area (Å²) in [5.41, 5.74) is 0. The first kappa shape index (κ1) is 96.2. The molecule has 3 unspecified atom stereocenters. The van der Waals surface area contributed by atoms with Gasteiger partial charge in [-0.15, -0.1) is 0 Å². The van der Waals surface area contributed by atoms with Crippen molar-refractivity contribution in [2.45, 2.75) is 445 Å². The van der Waals surface area contributed by atoms with Gasteiger partial charge in [-0.3, -0.25) is 19.3 Å². The summed E-state index contributed by atoms with van der Waals surface area (Å²) in [6.45, 7) is 18.1. The predicted molar refractivity (Wildman–Crippen MR) is 431 cm³/mol. The standard InChI is InChI=1S/C90H170N2O7/c1-8-14-20-26-30-32-34-36-38-40-42-44-46-48-52-62-74-86(75-63-53-49-47-45-43-41-39-37-35-33-31-27-21-15-9-2)99-90(96)87(91(7)80-81-93)76-64-67-79-92(77-65-54-56-68-82-97-88(94)84(70-58-24-18-12-5)72-60-50-28-22-16-10-3)78-66-55-57-69-83-98-89(95)85(71-59-25-19-13-6)73-61-51-29-23-17-11-4/h30-33,36-39,84-87,93H,8-29,34-35,40-83H2,1-7H3/b32-30+,33-31+,38-36+,39-37+. The average Bonchev–Trinajstić information content (AvgIpc) is 1.01. The van der Waals surface area contributed by atoms with Gasteiger partial charge in [0.2, 0.25) is 0 Å². The third-order valence-corrected chi connectivity index (χ3v) is 20.7. The number of aliphatic hydroxyl groups is 1. The molecule has 0 aromatic rings. The van der Waals surface area contributed by atoms with Crippen molar-refractivity contribution in [1.82, 2.24) is 9.80 Å². The Morgan fingerprint density at radius 1 is 0.303 bits per heavy atom. The summed E-state index contributed by atoms with van der Waals surface area (Å²) in [4.78, 5) is 45.9. The summed E-state index contributed by atoms with van der Waals surface area (Å²) in [7, 11) is 1.99. The topological polar surface area (TPSA) is 106 Å². The number of rotatable bonds is 80. The molecule has 0 aliphatic rings. The fourth-order valence-corrected chi connectivity index (χ4v) is 14.0. The fraction of sp³-hybridized carbons (Fsp3) is 0.878. The molecule has 0 fully saturated rings. The lowest BCUT2D eigenvalue weighted by Gasteiger charge is -2.29. The zero-order valence-electron chi connectivity index (χ0n) is 67.3. The van der Waals surface area contributed by atoms with Crippen LogP contribution in [0.5, 0.6) is 0 Å². The quantitative estimate of drug-likeness (QED) is 0.0276. The Balaban J connectivity index is 5.81. The summed E-state index contributed by atoms with van der Waals surface area (Å²) < 4.78 is 18.6. The molecule has 9 heteroatoms. The first-order valence-corrected chi connectivity index (χ1v) is 43.9. The minimum atomic E-state index is -0.373. The number of unbranched alkanes of at least 4 members (excludes halogenated alkanes) is 41. The van der Waals surface area contributed by atoms with Gasteiger partial charge in [0.25, 0.3) is 0 Å². The molecule has 1 N–H and O–H groups in total. The van der Waals surface area contributed by atoms with E-state index in [1.807, 2.05) is 11.9 Å². The van der Waals surface area contributed by atoms with Gasteiger partial charge in [0.1, 0.15) is 12.1 Å². The number of nitrogens with zero attached hydrogens (tertiary/aromatic N) is 2. The van der Waals surface area contributed by atoms with Crippen molar-refractivity contribution < 1.29 is 33.7 Å². The van der Waals surface area contributed by atoms with E-state index in [0.717, 1.165) is 180 Å². The van der Waals surface area contributed by atoms with Crippen molar-refractivity contribution in [3.8, 4) is 0 Å². The molecule has 0 rings (SSSR count). The molecule has 9 nitrogen and oxygen atoms in total. The molecule has 0 saturated carbocycles. The lowest BCUT2D eigenvalue weighted by atomic mass is 9.94. The third-order valence-electron chi connectivity index (χ3n) is 20.7. The molecule has 0 saturated heterocycles. The van der Waals surface area contributed by atoms with Gasteiger partial charge in [0.05, 0.1) is 31.7 Å². The molecule has 582 valence electrons. The zero-order valence-corrected chi connectivity index (χ0v) is 67.3. The summed E-state index contributed by atoms with van der Waals surface area (Å²) in [5.74, 6) is 0.0725. The van der Waals surface area contributed by atoms with Crippen LogP contribution in [-0.4, -0.2) is 98.0 Å². The van der Waals surface area contributed by atoms with E-state index in [1.54, 1.807) is 0 Å². The molecule has 0 radical (unpaired) electrons. The van der Waals surface area contributed by atoms with Crippen LogP contribution in [0, 0.1) is 11.8 Å².